The number of ether oxygens (including phenoxy) is 1. The third-order valence-electron chi connectivity index (χ3n) is 1.20. The van der Waals surface area contributed by atoms with Crippen molar-refractivity contribution in [3.8, 4) is 0 Å². The van der Waals surface area contributed by atoms with Crippen LogP contribution in [0.5, 0.6) is 0 Å². The lowest BCUT2D eigenvalue weighted by molar-refractivity contribution is 0.130. The van der Waals surface area contributed by atoms with E-state index in [0.29, 0.717) is 6.61 Å². The highest BCUT2D eigenvalue weighted by molar-refractivity contribution is 6.66. The average molecular weight is 181 g/mol. The van der Waals surface area contributed by atoms with Gasteiger partial charge in [-0.3, -0.25) is 0 Å². The van der Waals surface area contributed by atoms with Crippen molar-refractivity contribution in [1.82, 2.24) is 0 Å². The summed E-state index contributed by atoms with van der Waals surface area (Å²) in [5.41, 5.74) is -0.768. The quantitative estimate of drug-likeness (QED) is 0.592. The minimum absolute atomic E-state index is 0.249. The maximum atomic E-state index is 11.9. The van der Waals surface area contributed by atoms with Gasteiger partial charge in [0.05, 0.1) is 0 Å². The Morgan fingerprint density at radius 3 is 2.25 bits per heavy atom. The van der Waals surface area contributed by atoms with Crippen LogP contribution in [-0.2, 0) is 4.74 Å². The van der Waals surface area contributed by atoms with E-state index in [0.717, 1.165) is 0 Å². The minimum atomic E-state index is -4.92. The van der Waals surface area contributed by atoms with E-state index in [1.54, 1.807) is 0 Å². The summed E-state index contributed by atoms with van der Waals surface area (Å²) in [4.78, 5) is 0. The molecule has 1 nitrogen and oxygen atoms in total. The average Bonchev–Trinajstić information content (AvgIpc) is 1.84. The van der Waals surface area contributed by atoms with E-state index < -0.39 is 19.1 Å². The first kappa shape index (κ1) is 11.6. The smallest absolute Gasteiger partial charge is 0.445 e. The lowest BCUT2D eigenvalue weighted by Gasteiger charge is -2.18. The van der Waals surface area contributed by atoms with E-state index in [1.807, 2.05) is 13.8 Å². The van der Waals surface area contributed by atoms with Crippen LogP contribution >= 0.6 is 0 Å². The molecule has 0 aromatic carbocycles. The zero-order valence-corrected chi connectivity index (χ0v) is 7.32. The monoisotopic (exact) mass is 181 g/mol. The van der Waals surface area contributed by atoms with E-state index in [2.05, 4.69) is 6.58 Å². The lowest BCUT2D eigenvalue weighted by Crippen LogP contribution is -2.23. The largest absolute Gasteiger partial charge is 0.507 e. The van der Waals surface area contributed by atoms with E-state index in [4.69, 9.17) is 4.74 Å². The van der Waals surface area contributed by atoms with Crippen LogP contribution in [0.2, 0.25) is 0 Å². The Hall–Kier alpha value is -0.445. The second kappa shape index (κ2) is 4.55. The van der Waals surface area contributed by atoms with Crippen molar-refractivity contribution in [3.05, 3.63) is 12.1 Å². The van der Waals surface area contributed by atoms with Gasteiger partial charge in [0.1, 0.15) is 0 Å². The minimum Gasteiger partial charge on any atom is -0.445 e. The molecule has 0 unspecified atom stereocenters. The number of hydrogen-bond acceptors (Lipinski definition) is 1. The van der Waals surface area contributed by atoms with Crippen molar-refractivity contribution in [1.29, 1.82) is 0 Å². The second-order valence-corrected chi connectivity index (χ2v) is 3.14. The second-order valence-electron chi connectivity index (χ2n) is 3.14. The maximum absolute atomic E-state index is 11.9. The molecule has 72 valence electrons. The molecule has 0 aliphatic carbocycles. The summed E-state index contributed by atoms with van der Waals surface area (Å²) in [6.07, 6.45) is 0. The van der Waals surface area contributed by atoms with Crippen LogP contribution in [0, 0.1) is 5.92 Å². The predicted octanol–water partition coefficient (Wildman–Crippen LogP) is 2.60. The number of hydrogen-bond donors (Lipinski definition) is 0. The fourth-order valence-electron chi connectivity index (χ4n) is 0.520. The van der Waals surface area contributed by atoms with Crippen molar-refractivity contribution in [2.45, 2.75) is 13.8 Å². The predicted molar refractivity (Wildman–Crippen MR) is 43.9 cm³/mol. The number of halogens is 3. The Morgan fingerprint density at radius 1 is 1.42 bits per heavy atom. The lowest BCUT2D eigenvalue weighted by atomic mass is 9.81. The van der Waals surface area contributed by atoms with Gasteiger partial charge in [-0.2, -0.15) is 0 Å². The molecular weight excluding hydrogens is 168 g/mol. The molecule has 0 spiro atoms. The molecule has 0 atom stereocenters. The van der Waals surface area contributed by atoms with Gasteiger partial charge < -0.3 is 17.7 Å². The van der Waals surface area contributed by atoms with Gasteiger partial charge in [0.15, 0.2) is 0 Å². The van der Waals surface area contributed by atoms with Gasteiger partial charge in [-0.15, -0.1) is 12.1 Å². The molecular formula is C7H13BF3O-. The van der Waals surface area contributed by atoms with Crippen molar-refractivity contribution < 1.29 is 17.7 Å². The SMILES string of the molecule is C=C(COCC(C)C)[B-](F)(F)F. The van der Waals surface area contributed by atoms with E-state index in [-0.39, 0.29) is 5.92 Å². The Kier molecular flexibility index (Phi) is 4.38. The molecule has 0 bridgehead atoms. The van der Waals surface area contributed by atoms with Crippen molar-refractivity contribution in [3.63, 3.8) is 0 Å². The summed E-state index contributed by atoms with van der Waals surface area (Å²) in [6.45, 7) is 1.67. The maximum Gasteiger partial charge on any atom is 0.507 e. The van der Waals surface area contributed by atoms with Crippen LogP contribution in [0.1, 0.15) is 13.8 Å². The van der Waals surface area contributed by atoms with E-state index in [1.165, 1.54) is 0 Å². The summed E-state index contributed by atoms with van der Waals surface area (Å²) in [6, 6.07) is 0. The summed E-state index contributed by atoms with van der Waals surface area (Å²) in [5.74, 6) is 0.249. The molecule has 0 rings (SSSR count). The van der Waals surface area contributed by atoms with Gasteiger partial charge in [0, 0.05) is 13.2 Å². The van der Waals surface area contributed by atoms with Gasteiger partial charge in [-0.05, 0) is 5.92 Å². The number of rotatable bonds is 5. The van der Waals surface area contributed by atoms with Crippen LogP contribution in [-0.4, -0.2) is 20.2 Å². The molecule has 0 saturated heterocycles. The molecule has 0 aliphatic rings. The van der Waals surface area contributed by atoms with Crippen molar-refractivity contribution in [2.75, 3.05) is 13.2 Å². The van der Waals surface area contributed by atoms with Crippen LogP contribution < -0.4 is 0 Å². The molecule has 0 amide bonds. The van der Waals surface area contributed by atoms with Gasteiger partial charge in [0.2, 0.25) is 0 Å². The highest BCUT2D eigenvalue weighted by atomic mass is 19.4. The zero-order valence-electron chi connectivity index (χ0n) is 7.32. The summed E-state index contributed by atoms with van der Waals surface area (Å²) >= 11 is 0. The summed E-state index contributed by atoms with van der Waals surface area (Å²) < 4.78 is 40.3. The summed E-state index contributed by atoms with van der Waals surface area (Å²) in [7, 11) is 0. The third kappa shape index (κ3) is 5.24. The van der Waals surface area contributed by atoms with Crippen LogP contribution in [0.15, 0.2) is 12.1 Å². The van der Waals surface area contributed by atoms with Gasteiger partial charge >= 0.3 is 6.98 Å². The highest BCUT2D eigenvalue weighted by Gasteiger charge is 2.26. The first-order valence-corrected chi connectivity index (χ1v) is 3.79. The fourth-order valence-corrected chi connectivity index (χ4v) is 0.520. The molecule has 12 heavy (non-hydrogen) atoms. The van der Waals surface area contributed by atoms with Crippen LogP contribution in [0.4, 0.5) is 12.9 Å². The van der Waals surface area contributed by atoms with Gasteiger partial charge in [-0.25, -0.2) is 0 Å². The van der Waals surface area contributed by atoms with Gasteiger partial charge in [0.25, 0.3) is 0 Å². The topological polar surface area (TPSA) is 9.23 Å². The van der Waals surface area contributed by atoms with Crippen LogP contribution in [0.3, 0.4) is 0 Å². The third-order valence-corrected chi connectivity index (χ3v) is 1.20. The first-order valence-electron chi connectivity index (χ1n) is 3.79. The molecule has 0 saturated carbocycles. The highest BCUT2D eigenvalue weighted by Crippen LogP contribution is 2.18. The van der Waals surface area contributed by atoms with Gasteiger partial charge in [-0.1, -0.05) is 13.8 Å². The molecule has 0 radical (unpaired) electrons. The summed E-state index contributed by atoms with van der Waals surface area (Å²) in [5, 5.41) is 0. The first-order chi connectivity index (χ1) is 5.34. The van der Waals surface area contributed by atoms with E-state index in [9.17, 15) is 12.9 Å². The Bertz CT molecular complexity index is 153. The molecule has 0 heterocycles. The Morgan fingerprint density at radius 2 is 1.92 bits per heavy atom. The molecule has 0 aromatic heterocycles. The van der Waals surface area contributed by atoms with E-state index >= 15 is 0 Å². The molecule has 0 N–H and O–H groups in total. The molecule has 0 aliphatic heterocycles. The molecule has 0 fully saturated rings. The van der Waals surface area contributed by atoms with Crippen molar-refractivity contribution >= 4 is 6.98 Å². The Labute approximate surface area is 70.7 Å². The molecule has 5 heteroatoms. The molecule has 0 aromatic rings. The standard InChI is InChI=1S/C7H13BF3O/c1-6(2)4-12-5-7(3)8(9,10)11/h6H,3-5H2,1-2H3/q-1. The Balaban J connectivity index is 3.59. The van der Waals surface area contributed by atoms with Crippen LogP contribution in [0.25, 0.3) is 0 Å². The normalized spacial score (nSPS) is 12.2. The zero-order chi connectivity index (χ0) is 9.78. The fraction of sp³-hybridized carbons (Fsp3) is 0.714. The van der Waals surface area contributed by atoms with Crippen molar-refractivity contribution in [2.24, 2.45) is 5.92 Å².